The number of aldehydes is 1. The molecule has 4 heteroatoms. The van der Waals surface area contributed by atoms with E-state index >= 15 is 0 Å². The monoisotopic (exact) mass is 231 g/mol. The molecule has 1 aromatic rings. The van der Waals surface area contributed by atoms with Crippen LogP contribution in [0.3, 0.4) is 0 Å². The van der Waals surface area contributed by atoms with E-state index in [4.69, 9.17) is 16.9 Å². The van der Waals surface area contributed by atoms with Gasteiger partial charge >= 0.3 is 0 Å². The Bertz CT molecular complexity index is 421. The summed E-state index contributed by atoms with van der Waals surface area (Å²) in [5.74, 6) is 0.0313. The molecule has 0 aliphatic rings. The SMILES string of the molecule is N=C(N)/C(=C\N)CCCc1ccc(C=O)cc1. The first kappa shape index (κ1) is 13.0. The maximum absolute atomic E-state index is 10.5. The number of carbonyl (C=O) groups is 1. The highest BCUT2D eigenvalue weighted by molar-refractivity contribution is 5.94. The van der Waals surface area contributed by atoms with Crippen molar-refractivity contribution in [1.82, 2.24) is 0 Å². The van der Waals surface area contributed by atoms with Crippen molar-refractivity contribution in [2.75, 3.05) is 0 Å². The third-order valence-electron chi connectivity index (χ3n) is 2.57. The average molecular weight is 231 g/mol. The summed E-state index contributed by atoms with van der Waals surface area (Å²) in [6.07, 6.45) is 4.67. The summed E-state index contributed by atoms with van der Waals surface area (Å²) in [7, 11) is 0. The van der Waals surface area contributed by atoms with Gasteiger partial charge in [-0.2, -0.15) is 0 Å². The van der Waals surface area contributed by atoms with E-state index in [2.05, 4.69) is 0 Å². The molecule has 0 spiro atoms. The maximum atomic E-state index is 10.5. The Morgan fingerprint density at radius 3 is 2.41 bits per heavy atom. The summed E-state index contributed by atoms with van der Waals surface area (Å²) in [5.41, 5.74) is 13.2. The van der Waals surface area contributed by atoms with Gasteiger partial charge in [0.2, 0.25) is 0 Å². The van der Waals surface area contributed by atoms with E-state index in [0.29, 0.717) is 17.6 Å². The second-order valence-corrected chi connectivity index (χ2v) is 3.82. The number of hydrogen-bond acceptors (Lipinski definition) is 3. The molecule has 1 aromatic carbocycles. The second-order valence-electron chi connectivity index (χ2n) is 3.82. The smallest absolute Gasteiger partial charge is 0.150 e. The van der Waals surface area contributed by atoms with Gasteiger partial charge in [0, 0.05) is 17.3 Å². The quantitative estimate of drug-likeness (QED) is 0.394. The van der Waals surface area contributed by atoms with E-state index in [0.717, 1.165) is 24.7 Å². The lowest BCUT2D eigenvalue weighted by Gasteiger charge is -2.05. The Morgan fingerprint density at radius 2 is 1.94 bits per heavy atom. The van der Waals surface area contributed by atoms with Crippen LogP contribution in [-0.2, 0) is 6.42 Å². The van der Waals surface area contributed by atoms with Crippen LogP contribution in [0.1, 0.15) is 28.8 Å². The highest BCUT2D eigenvalue weighted by Crippen LogP contribution is 2.10. The molecule has 4 nitrogen and oxygen atoms in total. The van der Waals surface area contributed by atoms with Gasteiger partial charge in [-0.05, 0) is 24.8 Å². The van der Waals surface area contributed by atoms with Crippen LogP contribution < -0.4 is 11.5 Å². The number of nitrogens with two attached hydrogens (primary N) is 2. The highest BCUT2D eigenvalue weighted by atomic mass is 16.1. The van der Waals surface area contributed by atoms with E-state index < -0.39 is 0 Å². The summed E-state index contributed by atoms with van der Waals surface area (Å²) in [4.78, 5) is 10.5. The van der Waals surface area contributed by atoms with Crippen LogP contribution >= 0.6 is 0 Å². The number of aryl methyl sites for hydroxylation is 1. The van der Waals surface area contributed by atoms with Gasteiger partial charge in [0.25, 0.3) is 0 Å². The van der Waals surface area contributed by atoms with E-state index in [-0.39, 0.29) is 5.84 Å². The normalized spacial score (nSPS) is 11.2. The number of rotatable bonds is 6. The Morgan fingerprint density at radius 1 is 1.29 bits per heavy atom. The minimum Gasteiger partial charge on any atom is -0.404 e. The van der Waals surface area contributed by atoms with Gasteiger partial charge in [-0.3, -0.25) is 10.2 Å². The standard InChI is InChI=1S/C13H17N3O/c14-8-12(13(15)16)3-1-2-10-4-6-11(9-17)7-5-10/h4-9H,1-3,14H2,(H3,15,16)/b12-8-. The average Bonchev–Trinajstić information content (AvgIpc) is 2.35. The molecule has 0 heterocycles. The molecule has 0 saturated carbocycles. The van der Waals surface area contributed by atoms with Crippen molar-refractivity contribution in [2.24, 2.45) is 11.5 Å². The third-order valence-corrected chi connectivity index (χ3v) is 2.57. The molecular formula is C13H17N3O. The largest absolute Gasteiger partial charge is 0.404 e. The topological polar surface area (TPSA) is 93.0 Å². The molecule has 0 radical (unpaired) electrons. The highest BCUT2D eigenvalue weighted by Gasteiger charge is 2.01. The molecule has 90 valence electrons. The zero-order valence-electron chi connectivity index (χ0n) is 9.65. The molecule has 0 fully saturated rings. The Kier molecular flexibility index (Phi) is 4.94. The van der Waals surface area contributed by atoms with Crippen LogP contribution in [-0.4, -0.2) is 12.1 Å². The summed E-state index contributed by atoms with van der Waals surface area (Å²) in [6.45, 7) is 0. The van der Waals surface area contributed by atoms with E-state index in [1.165, 1.54) is 6.20 Å². The van der Waals surface area contributed by atoms with Gasteiger partial charge < -0.3 is 11.5 Å². The lowest BCUT2D eigenvalue weighted by Crippen LogP contribution is -2.14. The van der Waals surface area contributed by atoms with Crippen LogP contribution in [0.2, 0.25) is 0 Å². The number of amidine groups is 1. The fraction of sp³-hybridized carbons (Fsp3) is 0.231. The van der Waals surface area contributed by atoms with Crippen molar-refractivity contribution in [3.05, 3.63) is 47.2 Å². The van der Waals surface area contributed by atoms with Gasteiger partial charge in [0.15, 0.2) is 0 Å². The van der Waals surface area contributed by atoms with Crippen molar-refractivity contribution >= 4 is 12.1 Å². The van der Waals surface area contributed by atoms with E-state index in [1.807, 2.05) is 12.1 Å². The Balaban J connectivity index is 2.45. The predicted octanol–water partition coefficient (Wildman–Crippen LogP) is 1.60. The molecule has 0 aromatic heterocycles. The predicted molar refractivity (Wildman–Crippen MR) is 69.0 cm³/mol. The maximum Gasteiger partial charge on any atom is 0.150 e. The van der Waals surface area contributed by atoms with E-state index in [9.17, 15) is 4.79 Å². The molecule has 0 aliphatic heterocycles. The van der Waals surface area contributed by atoms with Crippen molar-refractivity contribution in [2.45, 2.75) is 19.3 Å². The lowest BCUT2D eigenvalue weighted by molar-refractivity contribution is 0.112. The van der Waals surface area contributed by atoms with Gasteiger partial charge in [-0.15, -0.1) is 0 Å². The summed E-state index contributed by atoms with van der Waals surface area (Å²) >= 11 is 0. The minimum atomic E-state index is 0.0313. The van der Waals surface area contributed by atoms with Crippen molar-refractivity contribution in [1.29, 1.82) is 5.41 Å². The number of benzene rings is 1. The van der Waals surface area contributed by atoms with Gasteiger partial charge in [-0.25, -0.2) is 0 Å². The Hall–Kier alpha value is -2.10. The number of hydrogen-bond donors (Lipinski definition) is 3. The molecule has 0 atom stereocenters. The molecule has 0 aliphatic carbocycles. The fourth-order valence-corrected chi connectivity index (χ4v) is 1.55. The molecule has 0 saturated heterocycles. The van der Waals surface area contributed by atoms with Crippen molar-refractivity contribution < 1.29 is 4.79 Å². The van der Waals surface area contributed by atoms with Gasteiger partial charge in [-0.1, -0.05) is 24.3 Å². The first-order valence-electron chi connectivity index (χ1n) is 5.46. The Labute approximate surface area is 101 Å². The molecular weight excluding hydrogens is 214 g/mol. The van der Waals surface area contributed by atoms with Crippen LogP contribution in [0, 0.1) is 5.41 Å². The summed E-state index contributed by atoms with van der Waals surface area (Å²) in [5, 5.41) is 7.28. The lowest BCUT2D eigenvalue weighted by atomic mass is 10.0. The van der Waals surface area contributed by atoms with Gasteiger partial charge in [0.05, 0.1) is 0 Å². The first-order valence-corrected chi connectivity index (χ1v) is 5.46. The van der Waals surface area contributed by atoms with Crippen molar-refractivity contribution in [3.63, 3.8) is 0 Å². The molecule has 5 N–H and O–H groups in total. The third kappa shape index (κ3) is 4.10. The van der Waals surface area contributed by atoms with Gasteiger partial charge in [0.1, 0.15) is 12.1 Å². The second kappa shape index (κ2) is 6.48. The summed E-state index contributed by atoms with van der Waals surface area (Å²) < 4.78 is 0. The van der Waals surface area contributed by atoms with E-state index in [1.54, 1.807) is 12.1 Å². The summed E-state index contributed by atoms with van der Waals surface area (Å²) in [6, 6.07) is 7.46. The minimum absolute atomic E-state index is 0.0313. The molecule has 0 amide bonds. The van der Waals surface area contributed by atoms with Crippen LogP contribution in [0.25, 0.3) is 0 Å². The number of carbonyl (C=O) groups excluding carboxylic acids is 1. The molecule has 0 unspecified atom stereocenters. The molecule has 1 rings (SSSR count). The van der Waals surface area contributed by atoms with Crippen LogP contribution in [0.15, 0.2) is 36.0 Å². The fourth-order valence-electron chi connectivity index (χ4n) is 1.55. The van der Waals surface area contributed by atoms with Crippen molar-refractivity contribution in [3.8, 4) is 0 Å². The zero-order chi connectivity index (χ0) is 12.7. The zero-order valence-corrected chi connectivity index (χ0v) is 9.65. The first-order chi connectivity index (χ1) is 8.17. The van der Waals surface area contributed by atoms with Crippen LogP contribution in [0.5, 0.6) is 0 Å². The van der Waals surface area contributed by atoms with Crippen LogP contribution in [0.4, 0.5) is 0 Å². The number of nitrogens with one attached hydrogen (secondary N) is 1. The molecule has 0 bridgehead atoms. The molecule has 17 heavy (non-hydrogen) atoms.